The Morgan fingerprint density at radius 2 is 2.22 bits per heavy atom. The van der Waals surface area contributed by atoms with E-state index in [1.54, 1.807) is 11.3 Å². The second-order valence-corrected chi connectivity index (χ2v) is 5.54. The predicted molar refractivity (Wildman–Crippen MR) is 70.5 cm³/mol. The Hall–Kier alpha value is -1.49. The Morgan fingerprint density at radius 3 is 2.83 bits per heavy atom. The summed E-state index contributed by atoms with van der Waals surface area (Å²) < 4.78 is 5.12. The maximum absolute atomic E-state index is 11.7. The molecule has 0 aliphatic rings. The van der Waals surface area contributed by atoms with Gasteiger partial charge in [-0.3, -0.25) is 4.79 Å². The molecule has 0 spiro atoms. The summed E-state index contributed by atoms with van der Waals surface area (Å²) in [5.74, 6) is 1.48. The molecular formula is C13H16N2O2S. The first kappa shape index (κ1) is 13.0. The van der Waals surface area contributed by atoms with Crippen LogP contribution in [0.3, 0.4) is 0 Å². The van der Waals surface area contributed by atoms with Gasteiger partial charge in [-0.25, -0.2) is 0 Å². The lowest BCUT2D eigenvalue weighted by Crippen LogP contribution is -2.06. The summed E-state index contributed by atoms with van der Waals surface area (Å²) in [7, 11) is 0. The van der Waals surface area contributed by atoms with Gasteiger partial charge < -0.3 is 4.52 Å². The monoisotopic (exact) mass is 264 g/mol. The Bertz CT molecular complexity index is 543. The summed E-state index contributed by atoms with van der Waals surface area (Å²) in [4.78, 5) is 15.9. The molecule has 0 radical (unpaired) electrons. The van der Waals surface area contributed by atoms with E-state index in [-0.39, 0.29) is 12.2 Å². The number of carbonyl (C=O) groups is 1. The smallest absolute Gasteiger partial charge is 0.234 e. The molecule has 0 aliphatic carbocycles. The van der Waals surface area contributed by atoms with E-state index in [0.717, 1.165) is 11.1 Å². The van der Waals surface area contributed by atoms with Crippen molar-refractivity contribution in [2.75, 3.05) is 0 Å². The fourth-order valence-electron chi connectivity index (χ4n) is 1.72. The van der Waals surface area contributed by atoms with Crippen LogP contribution in [0.25, 0.3) is 11.4 Å². The van der Waals surface area contributed by atoms with Crippen LogP contribution in [-0.2, 0) is 11.2 Å². The molecule has 0 fully saturated rings. The van der Waals surface area contributed by atoms with Gasteiger partial charge >= 0.3 is 0 Å². The van der Waals surface area contributed by atoms with E-state index < -0.39 is 0 Å². The van der Waals surface area contributed by atoms with Gasteiger partial charge in [0.25, 0.3) is 0 Å². The normalized spacial score (nSPS) is 11.1. The van der Waals surface area contributed by atoms with Crippen LogP contribution in [0.1, 0.15) is 31.7 Å². The summed E-state index contributed by atoms with van der Waals surface area (Å²) in [6, 6.07) is 0. The molecule has 0 N–H and O–H groups in total. The average molecular weight is 264 g/mol. The van der Waals surface area contributed by atoms with Crippen molar-refractivity contribution >= 4 is 17.1 Å². The molecule has 0 unspecified atom stereocenters. The van der Waals surface area contributed by atoms with E-state index in [0.29, 0.717) is 24.1 Å². The van der Waals surface area contributed by atoms with E-state index in [1.807, 2.05) is 31.5 Å². The Morgan fingerprint density at radius 1 is 1.44 bits per heavy atom. The molecule has 0 saturated heterocycles. The molecule has 4 nitrogen and oxygen atoms in total. The highest BCUT2D eigenvalue weighted by Gasteiger charge is 2.14. The molecular weight excluding hydrogens is 248 g/mol. The number of Topliss-reactive ketones (excluding diaryl/α,β-unsaturated/α-hetero) is 1. The zero-order valence-electron chi connectivity index (χ0n) is 10.8. The summed E-state index contributed by atoms with van der Waals surface area (Å²) in [5.41, 5.74) is 2.10. The van der Waals surface area contributed by atoms with Crippen molar-refractivity contribution < 1.29 is 9.32 Å². The van der Waals surface area contributed by atoms with Crippen LogP contribution in [0.4, 0.5) is 0 Å². The third-order valence-electron chi connectivity index (χ3n) is 2.55. The van der Waals surface area contributed by atoms with Gasteiger partial charge in [0, 0.05) is 17.4 Å². The Kier molecular flexibility index (Phi) is 3.91. The molecule has 18 heavy (non-hydrogen) atoms. The number of carbonyl (C=O) groups excluding carboxylic acids is 1. The minimum absolute atomic E-state index is 0.141. The molecule has 0 saturated carbocycles. The van der Waals surface area contributed by atoms with Crippen LogP contribution >= 0.6 is 11.3 Å². The van der Waals surface area contributed by atoms with Crippen molar-refractivity contribution in [3.63, 3.8) is 0 Å². The average Bonchev–Trinajstić information content (AvgIpc) is 2.85. The third kappa shape index (κ3) is 3.04. The van der Waals surface area contributed by atoms with Crippen molar-refractivity contribution in [1.82, 2.24) is 10.1 Å². The lowest BCUT2D eigenvalue weighted by atomic mass is 10.1. The number of rotatable bonds is 5. The van der Waals surface area contributed by atoms with Gasteiger partial charge in [-0.1, -0.05) is 19.0 Å². The lowest BCUT2D eigenvalue weighted by Gasteiger charge is -2.00. The second kappa shape index (κ2) is 5.44. The fourth-order valence-corrected chi connectivity index (χ4v) is 2.55. The van der Waals surface area contributed by atoms with Crippen molar-refractivity contribution in [1.29, 1.82) is 0 Å². The van der Waals surface area contributed by atoms with Crippen molar-refractivity contribution in [2.45, 2.75) is 33.6 Å². The Labute approximate surface area is 110 Å². The third-order valence-corrected chi connectivity index (χ3v) is 3.41. The molecule has 2 aromatic heterocycles. The molecule has 5 heteroatoms. The number of aryl methyl sites for hydroxylation is 1. The van der Waals surface area contributed by atoms with Crippen LogP contribution in [0.15, 0.2) is 15.3 Å². The zero-order valence-corrected chi connectivity index (χ0v) is 11.6. The first-order valence-corrected chi connectivity index (χ1v) is 6.88. The van der Waals surface area contributed by atoms with Gasteiger partial charge in [0.2, 0.25) is 11.7 Å². The highest BCUT2D eigenvalue weighted by atomic mass is 32.1. The second-order valence-electron chi connectivity index (χ2n) is 4.79. The maximum atomic E-state index is 11.7. The molecule has 0 bridgehead atoms. The lowest BCUT2D eigenvalue weighted by molar-refractivity contribution is -0.119. The van der Waals surface area contributed by atoms with Crippen molar-refractivity contribution in [3.8, 4) is 11.4 Å². The summed E-state index contributed by atoms with van der Waals surface area (Å²) in [6.07, 6.45) is 0.781. The van der Waals surface area contributed by atoms with Crippen LogP contribution in [0.5, 0.6) is 0 Å². The first-order chi connectivity index (χ1) is 8.56. The summed E-state index contributed by atoms with van der Waals surface area (Å²) in [5, 5.41) is 7.94. The topological polar surface area (TPSA) is 56.0 Å². The number of hydrogen-bond donors (Lipinski definition) is 0. The minimum atomic E-state index is 0.141. The molecule has 0 atom stereocenters. The predicted octanol–water partition coefficient (Wildman–Crippen LogP) is 3.26. The van der Waals surface area contributed by atoms with E-state index >= 15 is 0 Å². The molecule has 2 rings (SSSR count). The molecule has 96 valence electrons. The van der Waals surface area contributed by atoms with Gasteiger partial charge in [-0.05, 0) is 23.8 Å². The number of aromatic nitrogens is 2. The standard InChI is InChI=1S/C13H16N2O2S/c1-8(2)4-10(16)5-12-14-13(15-17-12)11-7-18-6-9(11)3/h6-8H,4-5H2,1-3H3. The van der Waals surface area contributed by atoms with Crippen LogP contribution < -0.4 is 0 Å². The van der Waals surface area contributed by atoms with Gasteiger partial charge in [0.15, 0.2) is 0 Å². The van der Waals surface area contributed by atoms with Crippen LogP contribution in [0.2, 0.25) is 0 Å². The van der Waals surface area contributed by atoms with Gasteiger partial charge in [0.05, 0.1) is 6.42 Å². The molecule has 0 aromatic carbocycles. The molecule has 2 heterocycles. The minimum Gasteiger partial charge on any atom is -0.338 e. The van der Waals surface area contributed by atoms with E-state index in [1.165, 1.54) is 0 Å². The van der Waals surface area contributed by atoms with Crippen LogP contribution in [-0.4, -0.2) is 15.9 Å². The van der Waals surface area contributed by atoms with Crippen LogP contribution in [0, 0.1) is 12.8 Å². The number of thiophene rings is 1. The van der Waals surface area contributed by atoms with Gasteiger partial charge in [-0.2, -0.15) is 16.3 Å². The highest BCUT2D eigenvalue weighted by Crippen LogP contribution is 2.24. The maximum Gasteiger partial charge on any atom is 0.234 e. The zero-order chi connectivity index (χ0) is 13.1. The van der Waals surface area contributed by atoms with Crippen molar-refractivity contribution in [3.05, 3.63) is 22.2 Å². The fraction of sp³-hybridized carbons (Fsp3) is 0.462. The van der Waals surface area contributed by atoms with Gasteiger partial charge in [-0.15, -0.1) is 0 Å². The Balaban J connectivity index is 2.07. The number of nitrogens with zero attached hydrogens (tertiary/aromatic N) is 2. The van der Waals surface area contributed by atoms with E-state index in [9.17, 15) is 4.79 Å². The number of hydrogen-bond acceptors (Lipinski definition) is 5. The quantitative estimate of drug-likeness (QED) is 0.831. The SMILES string of the molecule is Cc1cscc1-c1noc(CC(=O)CC(C)C)n1. The summed E-state index contributed by atoms with van der Waals surface area (Å²) >= 11 is 1.60. The van der Waals surface area contributed by atoms with E-state index in [4.69, 9.17) is 4.52 Å². The number of ketones is 1. The molecule has 2 aromatic rings. The molecule has 0 aliphatic heterocycles. The van der Waals surface area contributed by atoms with E-state index in [2.05, 4.69) is 10.1 Å². The summed E-state index contributed by atoms with van der Waals surface area (Å²) in [6.45, 7) is 6.05. The molecule has 0 amide bonds. The van der Waals surface area contributed by atoms with Gasteiger partial charge in [0.1, 0.15) is 5.78 Å². The first-order valence-electron chi connectivity index (χ1n) is 5.93. The van der Waals surface area contributed by atoms with Crippen molar-refractivity contribution in [2.24, 2.45) is 5.92 Å². The largest absolute Gasteiger partial charge is 0.338 e. The highest BCUT2D eigenvalue weighted by molar-refractivity contribution is 7.08.